The topological polar surface area (TPSA) is 102 Å². The highest BCUT2D eigenvalue weighted by Gasteiger charge is 2.50. The van der Waals surface area contributed by atoms with Crippen LogP contribution in [0.2, 0.25) is 0 Å². The van der Waals surface area contributed by atoms with Crippen molar-refractivity contribution in [1.82, 2.24) is 16.0 Å². The van der Waals surface area contributed by atoms with Crippen molar-refractivity contribution in [2.24, 2.45) is 33.5 Å². The van der Waals surface area contributed by atoms with E-state index in [4.69, 9.17) is 5.21 Å². The molecule has 1 aromatic carbocycles. The number of anilines is 1. The summed E-state index contributed by atoms with van der Waals surface area (Å²) in [5.41, 5.74) is 2.68. The number of nitrogens with one attached hydrogen (secondary N) is 4. The number of hydrogen-bond acceptors (Lipinski definition) is 5. The molecule has 5 N–H and O–H groups in total. The molecule has 0 bridgehead atoms. The van der Waals surface area contributed by atoms with E-state index in [0.717, 1.165) is 19.3 Å². The van der Waals surface area contributed by atoms with E-state index in [1.54, 1.807) is 24.3 Å². The Bertz CT molecular complexity index is 954. The Morgan fingerprint density at radius 2 is 1.26 bits per heavy atom. The van der Waals surface area contributed by atoms with Crippen molar-refractivity contribution in [3.05, 3.63) is 29.8 Å². The zero-order valence-corrected chi connectivity index (χ0v) is 29.8. The van der Waals surface area contributed by atoms with Crippen LogP contribution in [0.4, 0.5) is 5.69 Å². The zero-order chi connectivity index (χ0) is 33.2. The van der Waals surface area contributed by atoms with Gasteiger partial charge in [0, 0.05) is 18.7 Å². The van der Waals surface area contributed by atoms with Crippen molar-refractivity contribution in [2.75, 3.05) is 25.6 Å². The maximum absolute atomic E-state index is 12.8. The van der Waals surface area contributed by atoms with Crippen molar-refractivity contribution in [3.8, 4) is 0 Å². The summed E-state index contributed by atoms with van der Waals surface area (Å²) in [7, 11) is 1.81. The van der Waals surface area contributed by atoms with Gasteiger partial charge >= 0.3 is 0 Å². The molecule has 0 aromatic heterocycles. The van der Waals surface area contributed by atoms with Gasteiger partial charge in [0.15, 0.2) is 0 Å². The van der Waals surface area contributed by atoms with Gasteiger partial charge in [0.2, 0.25) is 5.91 Å². The van der Waals surface area contributed by atoms with Gasteiger partial charge in [-0.3, -0.25) is 20.3 Å². The molecule has 0 heterocycles. The third kappa shape index (κ3) is 11.5. The minimum Gasteiger partial charge on any atom is -0.355 e. The number of carbonyl (C=O) groups is 2. The fraction of sp³-hybridized carbons (Fsp3) is 0.771. The summed E-state index contributed by atoms with van der Waals surface area (Å²) in [4.78, 5) is 25.6. The summed E-state index contributed by atoms with van der Waals surface area (Å²) in [6.45, 7) is 32.4. The third-order valence-electron chi connectivity index (χ3n) is 9.42. The standard InChI is InChI=1S/C33H60N4O3.C2H6/c1-29(2,3)22-24(18-20-35-27(38)23-14-16-25(37-40)17-15-23)31(7,8)32(9,10)26(30(4,5)6)19-21-36-28(39)33(11,12)34-13;1-2/h14-17,24,26,34,37,40H,18-22H2,1-13H3,(H,35,38)(H,36,39);1-2H3. The summed E-state index contributed by atoms with van der Waals surface area (Å²) in [6.07, 6.45) is 2.81. The molecule has 42 heavy (non-hydrogen) atoms. The average Bonchev–Trinajstić information content (AvgIpc) is 2.89. The van der Waals surface area contributed by atoms with Crippen LogP contribution in [0.3, 0.4) is 0 Å². The Labute approximate surface area is 258 Å². The van der Waals surface area contributed by atoms with E-state index >= 15 is 0 Å². The van der Waals surface area contributed by atoms with Crippen molar-refractivity contribution in [2.45, 2.75) is 122 Å². The van der Waals surface area contributed by atoms with Crippen LogP contribution >= 0.6 is 0 Å². The first kappa shape index (κ1) is 39.9. The first-order valence-electron chi connectivity index (χ1n) is 15.9. The highest BCUT2D eigenvalue weighted by molar-refractivity contribution is 5.94. The quantitative estimate of drug-likeness (QED) is 0.142. The van der Waals surface area contributed by atoms with Crippen LogP contribution < -0.4 is 21.4 Å². The third-order valence-corrected chi connectivity index (χ3v) is 9.42. The van der Waals surface area contributed by atoms with Crippen molar-refractivity contribution in [3.63, 3.8) is 0 Å². The Hall–Kier alpha value is -2.12. The molecule has 0 aliphatic rings. The predicted molar refractivity (Wildman–Crippen MR) is 179 cm³/mol. The highest BCUT2D eigenvalue weighted by Crippen LogP contribution is 2.57. The molecule has 2 amide bonds. The average molecular weight is 591 g/mol. The second kappa shape index (κ2) is 16.1. The first-order valence-corrected chi connectivity index (χ1v) is 15.9. The summed E-state index contributed by atoms with van der Waals surface area (Å²) in [5.74, 6) is 0.627. The van der Waals surface area contributed by atoms with E-state index in [1.807, 2.05) is 34.7 Å². The van der Waals surface area contributed by atoms with Crippen molar-refractivity contribution < 1.29 is 14.8 Å². The first-order chi connectivity index (χ1) is 19.1. The van der Waals surface area contributed by atoms with E-state index in [2.05, 4.69) is 90.7 Å². The molecule has 0 aliphatic heterocycles. The molecule has 7 heteroatoms. The number of amides is 2. The molecule has 2 unspecified atom stereocenters. The van der Waals surface area contributed by atoms with Crippen LogP contribution in [-0.2, 0) is 4.79 Å². The lowest BCUT2D eigenvalue weighted by Gasteiger charge is -2.56. The van der Waals surface area contributed by atoms with Gasteiger partial charge in [-0.25, -0.2) is 0 Å². The van der Waals surface area contributed by atoms with E-state index in [0.29, 0.717) is 36.2 Å². The van der Waals surface area contributed by atoms with Gasteiger partial charge in [-0.2, -0.15) is 0 Å². The Morgan fingerprint density at radius 3 is 1.69 bits per heavy atom. The van der Waals surface area contributed by atoms with E-state index in [1.165, 1.54) is 0 Å². The SMILES string of the molecule is CC.CNC(C)(C)C(=O)NCCC(C(C)(C)C)C(C)(C)C(C)(C)C(CCNC(=O)c1ccc(NO)cc1)CC(C)(C)C. The second-order valence-corrected chi connectivity index (χ2v) is 15.5. The normalized spacial score (nSPS) is 14.3. The lowest BCUT2D eigenvalue weighted by molar-refractivity contribution is -0.126. The number of likely N-dealkylation sites (N-methyl/N-ethyl adjacent to an activating group) is 1. The smallest absolute Gasteiger partial charge is 0.251 e. The molecule has 1 aromatic rings. The zero-order valence-electron chi connectivity index (χ0n) is 29.8. The van der Waals surface area contributed by atoms with Crippen LogP contribution in [0.25, 0.3) is 0 Å². The van der Waals surface area contributed by atoms with Crippen molar-refractivity contribution >= 4 is 17.5 Å². The number of rotatable bonds is 14. The monoisotopic (exact) mass is 591 g/mol. The molecule has 0 radical (unpaired) electrons. The van der Waals surface area contributed by atoms with Gasteiger partial charge in [0.05, 0.1) is 11.2 Å². The summed E-state index contributed by atoms with van der Waals surface area (Å²) >= 11 is 0. The summed E-state index contributed by atoms with van der Waals surface area (Å²) in [5, 5.41) is 18.4. The Kier molecular flexibility index (Phi) is 15.3. The molecule has 1 rings (SSSR count). The van der Waals surface area contributed by atoms with E-state index < -0.39 is 5.54 Å². The lowest BCUT2D eigenvalue weighted by atomic mass is 9.49. The minimum absolute atomic E-state index is 0.0170. The van der Waals surface area contributed by atoms with Gasteiger partial charge in [-0.1, -0.05) is 83.1 Å². The van der Waals surface area contributed by atoms with E-state index in [9.17, 15) is 9.59 Å². The van der Waals surface area contributed by atoms with Crippen LogP contribution in [0.5, 0.6) is 0 Å². The maximum Gasteiger partial charge on any atom is 0.251 e. The minimum atomic E-state index is -0.605. The Balaban J connectivity index is 0.00000821. The van der Waals surface area contributed by atoms with Crippen LogP contribution in [0.15, 0.2) is 24.3 Å². The molecule has 2 atom stereocenters. The Morgan fingerprint density at radius 1 is 0.762 bits per heavy atom. The van der Waals surface area contributed by atoms with Crippen LogP contribution in [-0.4, -0.2) is 42.7 Å². The molecule has 0 aliphatic carbocycles. The maximum atomic E-state index is 12.8. The van der Waals surface area contributed by atoms with Gasteiger partial charge in [-0.15, -0.1) is 0 Å². The molecule has 244 valence electrons. The fourth-order valence-corrected chi connectivity index (χ4v) is 6.13. The highest BCUT2D eigenvalue weighted by atomic mass is 16.5. The number of carbonyl (C=O) groups excluding carboxylic acids is 2. The largest absolute Gasteiger partial charge is 0.355 e. The van der Waals surface area contributed by atoms with Gasteiger partial charge < -0.3 is 16.0 Å². The summed E-state index contributed by atoms with van der Waals surface area (Å²) < 4.78 is 0. The van der Waals surface area contributed by atoms with E-state index in [-0.39, 0.29) is 33.5 Å². The number of benzene rings is 1. The molecule has 0 fully saturated rings. The van der Waals surface area contributed by atoms with Crippen molar-refractivity contribution in [1.29, 1.82) is 0 Å². The molecule has 7 nitrogen and oxygen atoms in total. The second-order valence-electron chi connectivity index (χ2n) is 15.5. The van der Waals surface area contributed by atoms with Crippen LogP contribution in [0, 0.1) is 33.5 Å². The molecule has 0 spiro atoms. The summed E-state index contributed by atoms with van der Waals surface area (Å²) in [6, 6.07) is 6.77. The predicted octanol–water partition coefficient (Wildman–Crippen LogP) is 7.91. The molecule has 0 saturated heterocycles. The molecule has 0 saturated carbocycles. The van der Waals surface area contributed by atoms with Crippen LogP contribution in [0.1, 0.15) is 127 Å². The molecular formula is C35H66N4O3. The lowest BCUT2D eigenvalue weighted by Crippen LogP contribution is -2.53. The molecular weight excluding hydrogens is 524 g/mol. The fourth-order valence-electron chi connectivity index (χ4n) is 6.13. The van der Waals surface area contributed by atoms with Gasteiger partial charge in [0.1, 0.15) is 0 Å². The van der Waals surface area contributed by atoms with Gasteiger partial charge in [-0.05, 0) is 97.9 Å². The van der Waals surface area contributed by atoms with Gasteiger partial charge in [0.25, 0.3) is 5.91 Å². The number of hydrogen-bond donors (Lipinski definition) is 5.